The average molecular weight is 877 g/mol. The molecule has 4 saturated heterocycles. The molecule has 2 atom stereocenters. The van der Waals surface area contributed by atoms with Gasteiger partial charge in [-0.15, -0.1) is 0 Å². The second kappa shape index (κ2) is 18.0. The minimum absolute atomic E-state index is 0.0647. The number of imide groups is 1. The van der Waals surface area contributed by atoms with Gasteiger partial charge in [0.05, 0.1) is 35.2 Å². The number of guanidine groups is 1. The van der Waals surface area contributed by atoms with Gasteiger partial charge in [0.1, 0.15) is 11.6 Å². The first-order valence-electron chi connectivity index (χ1n) is 22.8. The molecule has 1 aromatic heterocycles. The predicted octanol–water partition coefficient (Wildman–Crippen LogP) is 6.17. The molecule has 0 aliphatic carbocycles. The Balaban J connectivity index is 0.804. The van der Waals surface area contributed by atoms with Gasteiger partial charge < -0.3 is 30.6 Å². The van der Waals surface area contributed by atoms with Crippen molar-refractivity contribution in [1.82, 2.24) is 25.4 Å². The van der Waals surface area contributed by atoms with Crippen LogP contribution in [0.5, 0.6) is 0 Å². The van der Waals surface area contributed by atoms with Gasteiger partial charge in [0.2, 0.25) is 17.8 Å². The molecule has 16 heteroatoms. The number of halogens is 2. The van der Waals surface area contributed by atoms with Crippen molar-refractivity contribution in [2.24, 2.45) is 16.3 Å². The maximum absolute atomic E-state index is 15.2. The number of carbonyl (C=O) groups excluding carboxylic acids is 3. The Kier molecular flexibility index (Phi) is 12.3. The van der Waals surface area contributed by atoms with Crippen LogP contribution in [0.4, 0.5) is 25.8 Å². The second-order valence-electron chi connectivity index (χ2n) is 18.6. The number of pyridine rings is 1. The molecule has 14 nitrogen and oxygen atoms in total. The van der Waals surface area contributed by atoms with Crippen LogP contribution in [-0.4, -0.2) is 110 Å². The van der Waals surface area contributed by atoms with Crippen molar-refractivity contribution in [1.29, 1.82) is 5.41 Å². The first-order chi connectivity index (χ1) is 30.9. The van der Waals surface area contributed by atoms with Crippen molar-refractivity contribution in [2.75, 3.05) is 74.6 Å². The van der Waals surface area contributed by atoms with Gasteiger partial charge in [0.15, 0.2) is 5.88 Å². The van der Waals surface area contributed by atoms with Crippen molar-refractivity contribution < 1.29 is 27.9 Å². The Morgan fingerprint density at radius 2 is 1.69 bits per heavy atom. The van der Waals surface area contributed by atoms with Gasteiger partial charge in [0.25, 0.3) is 5.91 Å². The number of fused-ring (bicyclic) bond motifs is 5. The van der Waals surface area contributed by atoms with E-state index in [2.05, 4.69) is 65.7 Å². The van der Waals surface area contributed by atoms with E-state index in [-0.39, 0.29) is 24.3 Å². The molecule has 4 fully saturated rings. The summed E-state index contributed by atoms with van der Waals surface area (Å²) in [5.41, 5.74) is 5.69. The van der Waals surface area contributed by atoms with Crippen molar-refractivity contribution in [3.05, 3.63) is 88.1 Å². The van der Waals surface area contributed by atoms with Crippen LogP contribution < -0.4 is 25.8 Å². The first-order valence-corrected chi connectivity index (χ1v) is 22.8. The molecule has 4 N–H and O–H groups in total. The standard InChI is InChI=1S/C48H58F2N10O4/c1-29-5-4-18-64-46(52-3)36(24-51)40-21-32(19-30(2)53-40)44(62)56-47-54-39-8-6-31(20-41(39)60(47)25-29)26-57-14-10-48(11-15-57)12-16-58(17-13-48)34-27-59(28-34)33-22-37(49)43(38(50)23-33)35-7-9-42(61)55-45(35)63/h6,8,19-24,29,34-35,51-52H,4-5,7,9-18,25-28H2,1-3H3,(H,54,56,62)(H,55,61,63)/b46-36-,51-24?/t29-,35-/m1/s1. The van der Waals surface area contributed by atoms with Gasteiger partial charge in [-0.05, 0) is 131 Å². The van der Waals surface area contributed by atoms with E-state index in [1.807, 2.05) is 11.8 Å². The van der Waals surface area contributed by atoms with Gasteiger partial charge >= 0.3 is 0 Å². The number of ether oxygens (including phenoxy) is 1. The van der Waals surface area contributed by atoms with E-state index in [1.165, 1.54) is 23.9 Å². The molecule has 7 heterocycles. The summed E-state index contributed by atoms with van der Waals surface area (Å²) in [5, 5.41) is 16.8. The number of aliphatic imine (C=N–C) groups is 1. The Bertz CT molecular complexity index is 2380. The van der Waals surface area contributed by atoms with Gasteiger partial charge in [-0.3, -0.25) is 34.5 Å². The third kappa shape index (κ3) is 8.86. The Morgan fingerprint density at radius 1 is 0.953 bits per heavy atom. The van der Waals surface area contributed by atoms with Gasteiger partial charge in [-0.1, -0.05) is 13.0 Å². The summed E-state index contributed by atoms with van der Waals surface area (Å²) >= 11 is 0. The van der Waals surface area contributed by atoms with Crippen LogP contribution in [0.25, 0.3) is 5.57 Å². The summed E-state index contributed by atoms with van der Waals surface area (Å²) in [6.07, 6.45) is 7.66. The monoisotopic (exact) mass is 876 g/mol. The highest BCUT2D eigenvalue weighted by molar-refractivity contribution is 6.19. The molecule has 338 valence electrons. The van der Waals surface area contributed by atoms with Crippen LogP contribution in [-0.2, 0) is 20.9 Å². The van der Waals surface area contributed by atoms with Gasteiger partial charge in [0, 0.05) is 74.4 Å². The number of carbonyl (C=O) groups is 3. The third-order valence-corrected chi connectivity index (χ3v) is 14.3. The van der Waals surface area contributed by atoms with Crippen LogP contribution in [0, 0.1) is 35.3 Å². The minimum Gasteiger partial charge on any atom is -0.479 e. The SMILES string of the molecule is CN/C1=C(\C=N)c2cc(cc(C)n2)C(=O)/N=C2\Nc3ccc(CN4CCC5(CC4)CCN(C4CN(c6cc(F)c([C@H]7CCC(=O)NC7=O)c(F)c6)C4)CC5)cc3N2C[C@H](C)CCCO1. The Morgan fingerprint density at radius 3 is 2.39 bits per heavy atom. The lowest BCUT2D eigenvalue weighted by molar-refractivity contribution is -0.134. The molecule has 1 spiro atoms. The summed E-state index contributed by atoms with van der Waals surface area (Å²) in [5.74, 6) is -2.70. The number of anilines is 3. The number of aromatic nitrogens is 1. The number of allylic oxidation sites excluding steroid dienone is 1. The zero-order chi connectivity index (χ0) is 44.7. The minimum atomic E-state index is -1.000. The van der Waals surface area contributed by atoms with Crippen LogP contribution in [0.2, 0.25) is 0 Å². The highest BCUT2D eigenvalue weighted by Crippen LogP contribution is 2.43. The van der Waals surface area contributed by atoms with E-state index in [1.54, 1.807) is 19.2 Å². The number of benzene rings is 2. The fourth-order valence-electron chi connectivity index (χ4n) is 10.5. The van der Waals surface area contributed by atoms with E-state index in [0.717, 1.165) is 82.6 Å². The number of nitrogens with zero attached hydrogens (tertiary/aromatic N) is 6. The third-order valence-electron chi connectivity index (χ3n) is 14.3. The first kappa shape index (κ1) is 43.5. The summed E-state index contributed by atoms with van der Waals surface area (Å²) in [6, 6.07) is 12.9. The topological polar surface area (TPSA) is 159 Å². The molecule has 6 aliphatic heterocycles. The fraction of sp³-hybridized carbons (Fsp3) is 0.500. The van der Waals surface area contributed by atoms with Crippen LogP contribution >= 0.6 is 0 Å². The van der Waals surface area contributed by atoms with Crippen LogP contribution in [0.1, 0.15) is 97.1 Å². The molecule has 3 aromatic rings. The highest BCUT2D eigenvalue weighted by Gasteiger charge is 2.42. The average Bonchev–Trinajstić information content (AvgIpc) is 3.58. The smallest absolute Gasteiger partial charge is 0.280 e. The summed E-state index contributed by atoms with van der Waals surface area (Å²) in [4.78, 5) is 56.2. The quantitative estimate of drug-likeness (QED) is 0.159. The largest absolute Gasteiger partial charge is 0.479 e. The summed E-state index contributed by atoms with van der Waals surface area (Å²) < 4.78 is 36.6. The number of hydrogen-bond acceptors (Lipinski definition) is 12. The molecular formula is C48H58F2N10O4. The number of piperidine rings is 3. The van der Waals surface area contributed by atoms with E-state index >= 15 is 8.78 Å². The zero-order valence-electron chi connectivity index (χ0n) is 36.9. The van der Waals surface area contributed by atoms with Crippen molar-refractivity contribution in [3.8, 4) is 0 Å². The second-order valence-corrected chi connectivity index (χ2v) is 18.6. The molecule has 0 unspecified atom stereocenters. The number of nitrogens with one attached hydrogen (secondary N) is 4. The molecule has 2 bridgehead atoms. The fourth-order valence-corrected chi connectivity index (χ4v) is 10.5. The van der Waals surface area contributed by atoms with Crippen molar-refractivity contribution >= 4 is 52.5 Å². The number of aryl methyl sites for hydroxylation is 1. The zero-order valence-corrected chi connectivity index (χ0v) is 36.9. The van der Waals surface area contributed by atoms with E-state index < -0.39 is 35.3 Å². The Hall–Kier alpha value is -5.74. The molecule has 3 amide bonds. The molecule has 0 saturated carbocycles. The van der Waals surface area contributed by atoms with Crippen molar-refractivity contribution in [3.63, 3.8) is 0 Å². The van der Waals surface area contributed by atoms with E-state index in [4.69, 9.17) is 10.1 Å². The molecular weight excluding hydrogens is 819 g/mol. The predicted molar refractivity (Wildman–Crippen MR) is 242 cm³/mol. The maximum atomic E-state index is 15.2. The van der Waals surface area contributed by atoms with Crippen molar-refractivity contribution in [2.45, 2.75) is 83.7 Å². The highest BCUT2D eigenvalue weighted by atomic mass is 19.1. The number of likely N-dealkylation sites (tertiary alicyclic amines) is 2. The lowest BCUT2D eigenvalue weighted by atomic mass is 9.71. The van der Waals surface area contributed by atoms with Gasteiger partial charge in [-0.25, -0.2) is 8.78 Å². The summed E-state index contributed by atoms with van der Waals surface area (Å²) in [7, 11) is 1.75. The lowest BCUT2D eigenvalue weighted by Gasteiger charge is -2.52. The van der Waals surface area contributed by atoms with E-state index in [9.17, 15) is 14.4 Å². The molecule has 6 aliphatic rings. The number of hydrogen-bond donors (Lipinski definition) is 4. The summed E-state index contributed by atoms with van der Waals surface area (Å²) in [6.45, 7) is 11.5. The normalized spacial score (nSPS) is 25.5. The van der Waals surface area contributed by atoms with Crippen LogP contribution in [0.15, 0.2) is 53.3 Å². The van der Waals surface area contributed by atoms with Crippen LogP contribution in [0.3, 0.4) is 0 Å². The number of rotatable bonds is 7. The maximum Gasteiger partial charge on any atom is 0.280 e. The molecule has 9 rings (SSSR count). The lowest BCUT2D eigenvalue weighted by Crippen LogP contribution is -2.62. The van der Waals surface area contributed by atoms with Gasteiger partial charge in [-0.2, -0.15) is 4.99 Å². The number of amides is 3. The molecule has 0 radical (unpaired) electrons. The molecule has 2 aromatic carbocycles. The molecule has 64 heavy (non-hydrogen) atoms. The Labute approximate surface area is 373 Å². The van der Waals surface area contributed by atoms with E-state index in [0.29, 0.717) is 77.8 Å².